The molecule has 1 aromatic rings. The van der Waals surface area contributed by atoms with E-state index in [2.05, 4.69) is 64.8 Å². The lowest BCUT2D eigenvalue weighted by Gasteiger charge is -2.55. The van der Waals surface area contributed by atoms with Crippen LogP contribution >= 0.6 is 0 Å². The molecule has 1 heterocycles. The minimum absolute atomic E-state index is 0.0482. The van der Waals surface area contributed by atoms with Gasteiger partial charge in [0.1, 0.15) is 5.76 Å². The van der Waals surface area contributed by atoms with Gasteiger partial charge in [0, 0.05) is 17.5 Å². The van der Waals surface area contributed by atoms with Crippen LogP contribution in [0.3, 0.4) is 0 Å². The standard InChI is InChI=1S/C16H28N2O/c1-15(2,3)14-10-12(17-19-14)8-11-9-13(18(6)7)16(11,4)5/h10-11,13H,8-9H2,1-7H3/t11-,13+/m1/s1. The zero-order chi connectivity index (χ0) is 14.4. The van der Waals surface area contributed by atoms with Crippen LogP contribution in [-0.2, 0) is 11.8 Å². The van der Waals surface area contributed by atoms with Gasteiger partial charge in [0.05, 0.1) is 5.69 Å². The molecule has 0 aliphatic heterocycles. The number of hydrogen-bond acceptors (Lipinski definition) is 3. The summed E-state index contributed by atoms with van der Waals surface area (Å²) in [5, 5.41) is 4.25. The summed E-state index contributed by atoms with van der Waals surface area (Å²) in [6.07, 6.45) is 2.30. The van der Waals surface area contributed by atoms with Gasteiger partial charge in [-0.15, -0.1) is 0 Å². The monoisotopic (exact) mass is 264 g/mol. The van der Waals surface area contributed by atoms with E-state index in [-0.39, 0.29) is 5.41 Å². The van der Waals surface area contributed by atoms with E-state index < -0.39 is 0 Å². The van der Waals surface area contributed by atoms with Crippen molar-refractivity contribution < 1.29 is 4.52 Å². The SMILES string of the molecule is CN(C)[C@H]1C[C@@H](Cc2cc(C(C)(C)C)on2)C1(C)C. The van der Waals surface area contributed by atoms with Crippen LogP contribution < -0.4 is 0 Å². The van der Waals surface area contributed by atoms with Crippen molar-refractivity contribution >= 4 is 0 Å². The highest BCUT2D eigenvalue weighted by molar-refractivity contribution is 5.15. The van der Waals surface area contributed by atoms with Gasteiger partial charge in [0.2, 0.25) is 0 Å². The zero-order valence-corrected chi connectivity index (χ0v) is 13.4. The van der Waals surface area contributed by atoms with Crippen LogP contribution in [0.25, 0.3) is 0 Å². The second kappa shape index (κ2) is 4.62. The van der Waals surface area contributed by atoms with E-state index in [0.717, 1.165) is 17.9 Å². The third kappa shape index (κ3) is 2.71. The van der Waals surface area contributed by atoms with Crippen LogP contribution in [0.15, 0.2) is 10.6 Å². The highest BCUT2D eigenvalue weighted by atomic mass is 16.5. The Hall–Kier alpha value is -0.830. The van der Waals surface area contributed by atoms with Crippen LogP contribution in [0.2, 0.25) is 0 Å². The number of rotatable bonds is 3. The van der Waals surface area contributed by atoms with Crippen LogP contribution in [0.4, 0.5) is 0 Å². The van der Waals surface area contributed by atoms with Crippen LogP contribution in [-0.4, -0.2) is 30.2 Å². The van der Waals surface area contributed by atoms with Crippen molar-refractivity contribution in [1.29, 1.82) is 0 Å². The summed E-state index contributed by atoms with van der Waals surface area (Å²) in [4.78, 5) is 2.35. The van der Waals surface area contributed by atoms with Crippen molar-refractivity contribution in [3.63, 3.8) is 0 Å². The molecule has 3 heteroatoms. The lowest BCUT2D eigenvalue weighted by Crippen LogP contribution is -2.56. The first-order valence-electron chi connectivity index (χ1n) is 7.25. The van der Waals surface area contributed by atoms with Gasteiger partial charge in [0.15, 0.2) is 0 Å². The molecular weight excluding hydrogens is 236 g/mol. The van der Waals surface area contributed by atoms with Gasteiger partial charge >= 0.3 is 0 Å². The Morgan fingerprint density at radius 2 is 2.00 bits per heavy atom. The van der Waals surface area contributed by atoms with Gasteiger partial charge in [-0.3, -0.25) is 0 Å². The van der Waals surface area contributed by atoms with Gasteiger partial charge in [-0.1, -0.05) is 39.8 Å². The Bertz CT molecular complexity index is 440. The lowest BCUT2D eigenvalue weighted by molar-refractivity contribution is -0.0421. The van der Waals surface area contributed by atoms with Crippen LogP contribution in [0.1, 0.15) is 52.5 Å². The first-order chi connectivity index (χ1) is 8.62. The van der Waals surface area contributed by atoms with Crippen molar-refractivity contribution in [2.24, 2.45) is 11.3 Å². The van der Waals surface area contributed by atoms with Gasteiger partial charge < -0.3 is 9.42 Å². The van der Waals surface area contributed by atoms with Gasteiger partial charge in [0.25, 0.3) is 0 Å². The molecule has 3 nitrogen and oxygen atoms in total. The van der Waals surface area contributed by atoms with E-state index in [4.69, 9.17) is 4.52 Å². The molecule has 0 amide bonds. The maximum atomic E-state index is 5.48. The molecule has 0 N–H and O–H groups in total. The van der Waals surface area contributed by atoms with Gasteiger partial charge in [-0.25, -0.2) is 0 Å². The second-order valence-electron chi connectivity index (χ2n) is 7.87. The summed E-state index contributed by atoms with van der Waals surface area (Å²) in [7, 11) is 4.35. The van der Waals surface area contributed by atoms with E-state index in [1.165, 1.54) is 6.42 Å². The molecule has 0 unspecified atom stereocenters. The predicted octanol–water partition coefficient (Wildman–Crippen LogP) is 3.49. The molecule has 1 saturated carbocycles. The summed E-state index contributed by atoms with van der Waals surface area (Å²) in [5.74, 6) is 1.70. The third-order valence-electron chi connectivity index (χ3n) is 4.80. The van der Waals surface area contributed by atoms with E-state index in [1.807, 2.05) is 0 Å². The molecule has 1 fully saturated rings. The Morgan fingerprint density at radius 1 is 1.37 bits per heavy atom. The van der Waals surface area contributed by atoms with E-state index in [0.29, 0.717) is 17.4 Å². The quantitative estimate of drug-likeness (QED) is 0.837. The molecule has 19 heavy (non-hydrogen) atoms. The Kier molecular flexibility index (Phi) is 3.54. The van der Waals surface area contributed by atoms with E-state index in [1.54, 1.807) is 0 Å². The van der Waals surface area contributed by atoms with E-state index >= 15 is 0 Å². The third-order valence-corrected chi connectivity index (χ3v) is 4.80. The topological polar surface area (TPSA) is 29.3 Å². The first kappa shape index (κ1) is 14.6. The number of aromatic nitrogens is 1. The fourth-order valence-corrected chi connectivity index (χ4v) is 3.23. The molecule has 1 aromatic heterocycles. The fraction of sp³-hybridized carbons (Fsp3) is 0.812. The summed E-state index contributed by atoms with van der Waals surface area (Å²) < 4.78 is 5.48. The molecule has 2 atom stereocenters. The average molecular weight is 264 g/mol. The molecule has 108 valence electrons. The lowest BCUT2D eigenvalue weighted by atomic mass is 9.57. The molecule has 0 aromatic carbocycles. The van der Waals surface area contributed by atoms with Gasteiger partial charge in [-0.05, 0) is 38.3 Å². The zero-order valence-electron chi connectivity index (χ0n) is 13.4. The normalized spacial score (nSPS) is 26.5. The maximum absolute atomic E-state index is 5.48. The van der Waals surface area contributed by atoms with Crippen LogP contribution in [0.5, 0.6) is 0 Å². The predicted molar refractivity (Wildman–Crippen MR) is 78.3 cm³/mol. The number of hydrogen-bond donors (Lipinski definition) is 0. The molecule has 0 saturated heterocycles. The minimum Gasteiger partial charge on any atom is -0.361 e. The Labute approximate surface area is 117 Å². The molecular formula is C16H28N2O. The molecule has 0 radical (unpaired) electrons. The van der Waals surface area contributed by atoms with Gasteiger partial charge in [-0.2, -0.15) is 0 Å². The van der Waals surface area contributed by atoms with E-state index in [9.17, 15) is 0 Å². The van der Waals surface area contributed by atoms with Crippen molar-refractivity contribution in [1.82, 2.24) is 10.1 Å². The Balaban J connectivity index is 2.02. The average Bonchev–Trinajstić information content (AvgIpc) is 2.71. The molecule has 0 bridgehead atoms. The summed E-state index contributed by atoms with van der Waals surface area (Å²) in [6.45, 7) is 11.2. The van der Waals surface area contributed by atoms with Crippen molar-refractivity contribution in [2.45, 2.75) is 58.9 Å². The number of nitrogens with zero attached hydrogens (tertiary/aromatic N) is 2. The molecule has 1 aliphatic rings. The second-order valence-corrected chi connectivity index (χ2v) is 7.87. The van der Waals surface area contributed by atoms with Crippen molar-refractivity contribution in [3.05, 3.63) is 17.5 Å². The first-order valence-corrected chi connectivity index (χ1v) is 7.25. The maximum Gasteiger partial charge on any atom is 0.142 e. The van der Waals surface area contributed by atoms with Crippen molar-refractivity contribution in [3.8, 4) is 0 Å². The summed E-state index contributed by atoms with van der Waals surface area (Å²) in [6, 6.07) is 2.82. The molecule has 0 spiro atoms. The summed E-state index contributed by atoms with van der Waals surface area (Å²) >= 11 is 0. The Morgan fingerprint density at radius 3 is 2.42 bits per heavy atom. The van der Waals surface area contributed by atoms with Crippen molar-refractivity contribution in [2.75, 3.05) is 14.1 Å². The van der Waals surface area contributed by atoms with Crippen LogP contribution in [0, 0.1) is 11.3 Å². The molecule has 1 aliphatic carbocycles. The highest BCUT2D eigenvalue weighted by Crippen LogP contribution is 2.49. The minimum atomic E-state index is 0.0482. The fourth-order valence-electron chi connectivity index (χ4n) is 3.23. The highest BCUT2D eigenvalue weighted by Gasteiger charge is 2.48. The smallest absolute Gasteiger partial charge is 0.142 e. The molecule has 2 rings (SSSR count). The summed E-state index contributed by atoms with van der Waals surface area (Å²) in [5.41, 5.74) is 1.52. The largest absolute Gasteiger partial charge is 0.361 e.